The zero-order valence-corrected chi connectivity index (χ0v) is 18.7. The molecule has 176 valence electrons. The molecule has 0 saturated heterocycles. The molecular weight excluding hydrogens is 422 g/mol. The first kappa shape index (κ1) is 23.2. The molecule has 0 unspecified atom stereocenters. The SMILES string of the molecule is CC(=O)O[C@]1(C(=O)CO)[C@H](C)C[C@H]2[C@@H]3C[C@H](F)C4=CC(=O)C=C[C@@]4(C)[C@@]3(F)[C@@H](O)C[C@]21C. The van der Waals surface area contributed by atoms with Crippen LogP contribution in [0.4, 0.5) is 8.78 Å². The minimum Gasteiger partial charge on any atom is -0.450 e. The Morgan fingerprint density at radius 3 is 2.50 bits per heavy atom. The number of Topliss-reactive ketones (excluding diaryl/α,β-unsaturated/α-hetero) is 1. The van der Waals surface area contributed by atoms with Crippen LogP contribution in [0.25, 0.3) is 0 Å². The average Bonchev–Trinajstić information content (AvgIpc) is 2.92. The van der Waals surface area contributed by atoms with Gasteiger partial charge >= 0.3 is 5.97 Å². The highest BCUT2D eigenvalue weighted by Crippen LogP contribution is 2.71. The second-order valence-corrected chi connectivity index (χ2v) is 10.4. The quantitative estimate of drug-likeness (QED) is 0.638. The average molecular weight is 452 g/mol. The Morgan fingerprint density at radius 2 is 1.91 bits per heavy atom. The molecule has 0 heterocycles. The highest BCUT2D eigenvalue weighted by molar-refractivity contribution is 6.01. The lowest BCUT2D eigenvalue weighted by Gasteiger charge is -2.63. The van der Waals surface area contributed by atoms with Gasteiger partial charge in [-0.25, -0.2) is 8.78 Å². The molecule has 0 aromatic heterocycles. The molecule has 8 heteroatoms. The van der Waals surface area contributed by atoms with E-state index in [4.69, 9.17) is 4.74 Å². The molecule has 3 saturated carbocycles. The Bertz CT molecular complexity index is 945. The number of aliphatic hydroxyl groups excluding tert-OH is 2. The van der Waals surface area contributed by atoms with Crippen LogP contribution in [-0.4, -0.2) is 57.9 Å². The molecule has 4 aliphatic rings. The third-order valence-corrected chi connectivity index (χ3v) is 9.03. The highest BCUT2D eigenvalue weighted by Gasteiger charge is 2.77. The first-order chi connectivity index (χ1) is 14.8. The number of alkyl halides is 2. The van der Waals surface area contributed by atoms with E-state index < -0.39 is 76.3 Å². The summed E-state index contributed by atoms with van der Waals surface area (Å²) in [6.45, 7) is 5.16. The molecule has 0 radical (unpaired) electrons. The summed E-state index contributed by atoms with van der Waals surface area (Å²) in [5.74, 6) is -3.99. The molecular formula is C24H30F2O6. The van der Waals surface area contributed by atoms with Crippen LogP contribution >= 0.6 is 0 Å². The first-order valence-corrected chi connectivity index (χ1v) is 11.1. The molecule has 32 heavy (non-hydrogen) atoms. The Kier molecular flexibility index (Phi) is 5.11. The van der Waals surface area contributed by atoms with Crippen molar-refractivity contribution in [2.45, 2.75) is 70.5 Å². The van der Waals surface area contributed by atoms with Crippen molar-refractivity contribution in [2.75, 3.05) is 6.61 Å². The minimum atomic E-state index is -2.28. The van der Waals surface area contributed by atoms with Crippen molar-refractivity contribution in [1.82, 2.24) is 0 Å². The Labute approximate surface area is 185 Å². The van der Waals surface area contributed by atoms with Gasteiger partial charge in [0.25, 0.3) is 0 Å². The van der Waals surface area contributed by atoms with Gasteiger partial charge in [0.05, 0.1) is 6.10 Å². The van der Waals surface area contributed by atoms with E-state index in [0.717, 1.165) is 13.0 Å². The summed E-state index contributed by atoms with van der Waals surface area (Å²) < 4.78 is 38.1. The molecule has 3 fully saturated rings. The summed E-state index contributed by atoms with van der Waals surface area (Å²) >= 11 is 0. The maximum Gasteiger partial charge on any atom is 0.303 e. The molecule has 4 rings (SSSR count). The smallest absolute Gasteiger partial charge is 0.303 e. The summed E-state index contributed by atoms with van der Waals surface area (Å²) in [6.07, 6.45) is 0.273. The number of allylic oxidation sites excluding steroid dienone is 4. The van der Waals surface area contributed by atoms with Crippen LogP contribution in [0.5, 0.6) is 0 Å². The predicted molar refractivity (Wildman–Crippen MR) is 110 cm³/mol. The van der Waals surface area contributed by atoms with Crippen LogP contribution in [0.1, 0.15) is 47.0 Å². The molecule has 6 nitrogen and oxygen atoms in total. The second kappa shape index (κ2) is 7.03. The molecule has 0 aliphatic heterocycles. The third-order valence-electron chi connectivity index (χ3n) is 9.03. The lowest BCUT2D eigenvalue weighted by Crippen LogP contribution is -2.71. The lowest BCUT2D eigenvalue weighted by molar-refractivity contribution is -0.231. The number of carbonyl (C=O) groups is 3. The van der Waals surface area contributed by atoms with E-state index in [1.165, 1.54) is 19.1 Å². The van der Waals surface area contributed by atoms with Crippen molar-refractivity contribution < 1.29 is 38.1 Å². The van der Waals surface area contributed by atoms with Gasteiger partial charge in [0.1, 0.15) is 12.8 Å². The topological polar surface area (TPSA) is 101 Å². The fourth-order valence-corrected chi connectivity index (χ4v) is 7.74. The standard InChI is InChI=1S/C24H30F2O6/c1-12-7-15-16-9-18(25)17-8-14(29)5-6-21(17,3)23(16,26)19(30)10-22(15,4)24(12,20(31)11-27)32-13(2)28/h5-6,8,12,15-16,18-19,27,30H,7,9-11H2,1-4H3/t12-,15+,16+,18+,19+,21-,22-,23+,24+/m1/s1. The van der Waals surface area contributed by atoms with Gasteiger partial charge in [0.2, 0.25) is 5.78 Å². The molecule has 4 aliphatic carbocycles. The minimum absolute atomic E-state index is 0.0233. The number of hydrogen-bond donors (Lipinski definition) is 2. The number of hydrogen-bond acceptors (Lipinski definition) is 6. The number of esters is 1. The number of rotatable bonds is 3. The molecule has 0 aromatic rings. The maximum absolute atomic E-state index is 17.1. The maximum atomic E-state index is 17.1. The van der Waals surface area contributed by atoms with Crippen molar-refractivity contribution >= 4 is 17.5 Å². The van der Waals surface area contributed by atoms with E-state index in [0.29, 0.717) is 0 Å². The monoisotopic (exact) mass is 452 g/mol. The summed E-state index contributed by atoms with van der Waals surface area (Å²) in [7, 11) is 0. The van der Waals surface area contributed by atoms with Crippen LogP contribution in [0.3, 0.4) is 0 Å². The normalized spacial score (nSPS) is 49.6. The highest BCUT2D eigenvalue weighted by atomic mass is 19.1. The Morgan fingerprint density at radius 1 is 1.25 bits per heavy atom. The number of aliphatic hydroxyl groups is 2. The lowest BCUT2D eigenvalue weighted by atomic mass is 9.44. The molecule has 0 amide bonds. The Hall–Kier alpha value is -1.93. The van der Waals surface area contributed by atoms with Gasteiger partial charge in [-0.05, 0) is 49.8 Å². The molecule has 0 aromatic carbocycles. The zero-order valence-electron chi connectivity index (χ0n) is 18.7. The van der Waals surface area contributed by atoms with Crippen molar-refractivity contribution in [3.8, 4) is 0 Å². The van der Waals surface area contributed by atoms with E-state index in [1.54, 1.807) is 13.8 Å². The van der Waals surface area contributed by atoms with Gasteiger partial charge in [-0.3, -0.25) is 14.4 Å². The van der Waals surface area contributed by atoms with E-state index in [9.17, 15) is 24.6 Å². The fraction of sp³-hybridized carbons (Fsp3) is 0.708. The van der Waals surface area contributed by atoms with Crippen LogP contribution in [-0.2, 0) is 19.1 Å². The Balaban J connectivity index is 1.89. The molecule has 0 spiro atoms. The number of ketones is 2. The summed E-state index contributed by atoms with van der Waals surface area (Å²) in [4.78, 5) is 37.0. The summed E-state index contributed by atoms with van der Waals surface area (Å²) in [6, 6.07) is 0. The third kappa shape index (κ3) is 2.54. The van der Waals surface area contributed by atoms with Crippen LogP contribution in [0.2, 0.25) is 0 Å². The largest absolute Gasteiger partial charge is 0.450 e. The second-order valence-electron chi connectivity index (χ2n) is 10.4. The molecule has 0 bridgehead atoms. The van der Waals surface area contributed by atoms with Crippen LogP contribution < -0.4 is 0 Å². The van der Waals surface area contributed by atoms with Crippen molar-refractivity contribution in [3.63, 3.8) is 0 Å². The fourth-order valence-electron chi connectivity index (χ4n) is 7.74. The van der Waals surface area contributed by atoms with E-state index in [1.807, 2.05) is 0 Å². The number of ether oxygens (including phenoxy) is 1. The zero-order chi connectivity index (χ0) is 23.9. The summed E-state index contributed by atoms with van der Waals surface area (Å²) in [5.41, 5.74) is -6.74. The van der Waals surface area contributed by atoms with Gasteiger partial charge in [-0.2, -0.15) is 0 Å². The predicted octanol–water partition coefficient (Wildman–Crippen LogP) is 2.41. The van der Waals surface area contributed by atoms with Crippen molar-refractivity contribution in [2.24, 2.45) is 28.6 Å². The number of carbonyl (C=O) groups excluding carboxylic acids is 3. The van der Waals surface area contributed by atoms with Crippen molar-refractivity contribution in [1.29, 1.82) is 0 Å². The van der Waals surface area contributed by atoms with Gasteiger partial charge in [-0.1, -0.05) is 19.9 Å². The first-order valence-electron chi connectivity index (χ1n) is 11.1. The van der Waals surface area contributed by atoms with Gasteiger partial charge in [0, 0.05) is 29.6 Å². The number of fused-ring (bicyclic) bond motifs is 5. The van der Waals surface area contributed by atoms with E-state index >= 15 is 8.78 Å². The molecule has 2 N–H and O–H groups in total. The van der Waals surface area contributed by atoms with E-state index in [-0.39, 0.29) is 24.8 Å². The summed E-state index contributed by atoms with van der Waals surface area (Å²) in [5, 5.41) is 21.0. The van der Waals surface area contributed by atoms with Crippen LogP contribution in [0, 0.1) is 28.6 Å². The van der Waals surface area contributed by atoms with Gasteiger partial charge < -0.3 is 14.9 Å². The number of halogens is 2. The molecule has 9 atom stereocenters. The van der Waals surface area contributed by atoms with E-state index in [2.05, 4.69) is 0 Å². The van der Waals surface area contributed by atoms with Gasteiger partial charge in [-0.15, -0.1) is 0 Å². The van der Waals surface area contributed by atoms with Crippen molar-refractivity contribution in [3.05, 3.63) is 23.8 Å². The van der Waals surface area contributed by atoms with Gasteiger partial charge in [0.15, 0.2) is 17.1 Å². The van der Waals surface area contributed by atoms with Crippen LogP contribution in [0.15, 0.2) is 23.8 Å².